The lowest BCUT2D eigenvalue weighted by Crippen LogP contribution is -2.27. The van der Waals surface area contributed by atoms with Crippen LogP contribution in [0.3, 0.4) is 0 Å². The molecule has 56 heavy (non-hydrogen) atoms. The fraction of sp³-hybridized carbons (Fsp3) is 0. The molecule has 2 aromatic heterocycles. The van der Waals surface area contributed by atoms with Crippen LogP contribution in [0.25, 0.3) is 94.6 Å². The Morgan fingerprint density at radius 1 is 0.321 bits per heavy atom. The quantitative estimate of drug-likeness (QED) is 0.0990. The number of benzene rings is 10. The van der Waals surface area contributed by atoms with Crippen molar-refractivity contribution in [1.82, 2.24) is 0 Å². The summed E-state index contributed by atoms with van der Waals surface area (Å²) in [6.45, 7) is 0. The number of fused-ring (bicyclic) bond motifs is 13. The second kappa shape index (κ2) is 12.2. The van der Waals surface area contributed by atoms with Gasteiger partial charge in [0.2, 0.25) is 0 Å². The molecule has 0 aliphatic heterocycles. The van der Waals surface area contributed by atoms with Gasteiger partial charge in [-0.05, 0) is 97.4 Å². The van der Waals surface area contributed by atoms with Crippen LogP contribution in [-0.2, 0) is 4.57 Å². The summed E-state index contributed by atoms with van der Waals surface area (Å²) in [6, 6.07) is 67.4. The maximum Gasteiger partial charge on any atom is 0.172 e. The molecule has 0 aliphatic carbocycles. The molecule has 0 radical (unpaired) electrons. The molecule has 0 bridgehead atoms. The predicted molar refractivity (Wildman–Crippen MR) is 247 cm³/mol. The van der Waals surface area contributed by atoms with Crippen LogP contribution in [0.2, 0.25) is 0 Å². The van der Waals surface area contributed by atoms with E-state index in [1.165, 1.54) is 40.5 Å². The van der Waals surface area contributed by atoms with Gasteiger partial charge in [0.15, 0.2) is 7.14 Å². The van der Waals surface area contributed by atoms with Crippen LogP contribution < -0.4 is 15.9 Å². The maximum absolute atomic E-state index is 17.7. The molecule has 0 fully saturated rings. The molecule has 4 heteroatoms. The van der Waals surface area contributed by atoms with E-state index in [2.05, 4.69) is 188 Å². The first-order valence-electron chi connectivity index (χ1n) is 18.9. The van der Waals surface area contributed by atoms with E-state index in [1.54, 1.807) is 22.7 Å². The third-order valence-corrected chi connectivity index (χ3v) is 17.1. The molecule has 12 rings (SSSR count). The molecule has 2 heterocycles. The van der Waals surface area contributed by atoms with E-state index in [-0.39, 0.29) is 0 Å². The minimum absolute atomic E-state index is 0.851. The second-order valence-corrected chi connectivity index (χ2v) is 19.5. The van der Waals surface area contributed by atoms with Crippen LogP contribution in [0.5, 0.6) is 0 Å². The molecule has 0 amide bonds. The van der Waals surface area contributed by atoms with E-state index < -0.39 is 7.14 Å². The molecule has 0 unspecified atom stereocenters. The Labute approximate surface area is 331 Å². The summed E-state index contributed by atoms with van der Waals surface area (Å²) in [5.74, 6) is 0. The lowest BCUT2D eigenvalue weighted by Gasteiger charge is -2.27. The van der Waals surface area contributed by atoms with Gasteiger partial charge in [0.05, 0.1) is 0 Å². The highest BCUT2D eigenvalue weighted by Crippen LogP contribution is 2.53. The predicted octanol–water partition coefficient (Wildman–Crippen LogP) is 14.3. The standard InChI is InChI=1S/C52H31OPS2/c53-54(33-26-28-47-43(30-33)37-18-10-12-24-45(37)55-47,34-27-29-48-44(31-34)38-19-11-13-25-46(38)56-48)52-42-23-9-8-22-41(42)49(32-14-2-1-3-15-32)50-39-20-6-4-16-35(39)36-17-5-7-21-40(36)51(50)52/h1-31H. The topological polar surface area (TPSA) is 17.1 Å². The average molecular weight is 767 g/mol. The SMILES string of the molecule is O=P(c1ccc2sc3ccccc3c2c1)(c1ccc2sc3ccccc3c2c1)c1c2ccccc2c(-c2ccccc2)c2c3ccccc3c3ccccc3c12. The molecule has 12 aromatic rings. The van der Waals surface area contributed by atoms with Gasteiger partial charge in [-0.2, -0.15) is 0 Å². The van der Waals surface area contributed by atoms with Gasteiger partial charge in [-0.3, -0.25) is 0 Å². The highest BCUT2D eigenvalue weighted by atomic mass is 32.1. The Morgan fingerprint density at radius 2 is 0.732 bits per heavy atom. The van der Waals surface area contributed by atoms with E-state index in [0.717, 1.165) is 70.0 Å². The fourth-order valence-electron chi connectivity index (χ4n) is 9.28. The summed E-state index contributed by atoms with van der Waals surface area (Å²) in [4.78, 5) is 0. The zero-order chi connectivity index (χ0) is 37.0. The average Bonchev–Trinajstić information content (AvgIpc) is 3.83. The van der Waals surface area contributed by atoms with Crippen molar-refractivity contribution in [2.24, 2.45) is 0 Å². The van der Waals surface area contributed by atoms with E-state index >= 15 is 4.57 Å². The Morgan fingerprint density at radius 3 is 1.29 bits per heavy atom. The third kappa shape index (κ3) is 4.51. The first kappa shape index (κ1) is 32.2. The molecule has 0 saturated carbocycles. The Hall–Kier alpha value is -6.09. The largest absolute Gasteiger partial charge is 0.309 e. The van der Waals surface area contributed by atoms with Crippen LogP contribution in [0, 0.1) is 0 Å². The normalized spacial score (nSPS) is 12.4. The van der Waals surface area contributed by atoms with Crippen LogP contribution in [0.1, 0.15) is 0 Å². The molecule has 0 aliphatic rings. The first-order chi connectivity index (χ1) is 27.7. The van der Waals surface area contributed by atoms with Gasteiger partial charge < -0.3 is 4.57 Å². The van der Waals surface area contributed by atoms with Crippen LogP contribution in [-0.4, -0.2) is 0 Å². The van der Waals surface area contributed by atoms with Gasteiger partial charge in [-0.15, -0.1) is 22.7 Å². The van der Waals surface area contributed by atoms with Gasteiger partial charge in [0, 0.05) is 61.6 Å². The zero-order valence-electron chi connectivity index (χ0n) is 30.1. The Balaban J connectivity index is 1.34. The van der Waals surface area contributed by atoms with E-state index in [9.17, 15) is 0 Å². The first-order valence-corrected chi connectivity index (χ1v) is 22.3. The van der Waals surface area contributed by atoms with E-state index in [1.807, 2.05) is 0 Å². The van der Waals surface area contributed by atoms with Crippen molar-refractivity contribution < 1.29 is 4.57 Å². The molecule has 0 saturated heterocycles. The van der Waals surface area contributed by atoms with Crippen LogP contribution >= 0.6 is 29.8 Å². The molecule has 1 nitrogen and oxygen atoms in total. The number of thiophene rings is 2. The van der Waals surface area contributed by atoms with Crippen molar-refractivity contribution in [3.05, 3.63) is 188 Å². The highest BCUT2D eigenvalue weighted by Gasteiger charge is 2.36. The monoisotopic (exact) mass is 766 g/mol. The van der Waals surface area contributed by atoms with Gasteiger partial charge in [0.1, 0.15) is 0 Å². The fourth-order valence-corrected chi connectivity index (χ4v) is 14.5. The molecule has 262 valence electrons. The van der Waals surface area contributed by atoms with E-state index in [0.29, 0.717) is 0 Å². The van der Waals surface area contributed by atoms with Crippen molar-refractivity contribution in [3.63, 3.8) is 0 Å². The summed E-state index contributed by atoms with van der Waals surface area (Å²) in [5, 5.41) is 16.3. The molecule has 0 atom stereocenters. The minimum atomic E-state index is -3.67. The molecule has 0 N–H and O–H groups in total. The van der Waals surface area contributed by atoms with Gasteiger partial charge in [0.25, 0.3) is 0 Å². The summed E-state index contributed by atoms with van der Waals surface area (Å²) >= 11 is 3.59. The third-order valence-electron chi connectivity index (χ3n) is 11.7. The van der Waals surface area contributed by atoms with Crippen LogP contribution in [0.4, 0.5) is 0 Å². The molecule has 10 aromatic carbocycles. The summed E-state index contributed by atoms with van der Waals surface area (Å²) in [6.07, 6.45) is 0. The van der Waals surface area contributed by atoms with Crippen molar-refractivity contribution in [2.75, 3.05) is 0 Å². The smallest absolute Gasteiger partial charge is 0.172 e. The lowest BCUT2D eigenvalue weighted by molar-refractivity contribution is 0.593. The van der Waals surface area contributed by atoms with E-state index in [4.69, 9.17) is 0 Å². The summed E-state index contributed by atoms with van der Waals surface area (Å²) < 4.78 is 22.6. The summed E-state index contributed by atoms with van der Waals surface area (Å²) in [5.41, 5.74) is 2.32. The zero-order valence-corrected chi connectivity index (χ0v) is 32.6. The van der Waals surface area contributed by atoms with Crippen molar-refractivity contribution in [3.8, 4) is 11.1 Å². The van der Waals surface area contributed by atoms with Gasteiger partial charge >= 0.3 is 0 Å². The number of hydrogen-bond acceptors (Lipinski definition) is 3. The van der Waals surface area contributed by atoms with Crippen molar-refractivity contribution in [1.29, 1.82) is 0 Å². The Bertz CT molecular complexity index is 3510. The summed E-state index contributed by atoms with van der Waals surface area (Å²) in [7, 11) is -3.67. The molecular weight excluding hydrogens is 736 g/mol. The Kier molecular flexibility index (Phi) is 7.01. The van der Waals surface area contributed by atoms with Gasteiger partial charge in [-0.25, -0.2) is 0 Å². The minimum Gasteiger partial charge on any atom is -0.309 e. The molecule has 0 spiro atoms. The number of hydrogen-bond donors (Lipinski definition) is 0. The molecular formula is C52H31OPS2. The highest BCUT2D eigenvalue weighted by molar-refractivity contribution is 7.86. The second-order valence-electron chi connectivity index (χ2n) is 14.6. The maximum atomic E-state index is 17.7. The number of rotatable bonds is 4. The van der Waals surface area contributed by atoms with Crippen molar-refractivity contribution in [2.45, 2.75) is 0 Å². The van der Waals surface area contributed by atoms with Crippen molar-refractivity contribution >= 4 is 129 Å². The van der Waals surface area contributed by atoms with Gasteiger partial charge in [-0.1, -0.05) is 140 Å². The lowest BCUT2D eigenvalue weighted by atomic mass is 9.86. The van der Waals surface area contributed by atoms with Crippen LogP contribution in [0.15, 0.2) is 188 Å².